The van der Waals surface area contributed by atoms with Crippen LogP contribution in [0.5, 0.6) is 11.5 Å². The SMILES string of the molecule is N#CC(=CNc1cc(S(=O)(=O)O)ccc1Oc1ccccc1)c1nn[nH]n1. The largest absolute Gasteiger partial charge is 0.455 e. The van der Waals surface area contributed by atoms with E-state index in [4.69, 9.17) is 4.74 Å². The van der Waals surface area contributed by atoms with Gasteiger partial charge in [0.05, 0.1) is 10.6 Å². The molecule has 0 fully saturated rings. The Morgan fingerprint density at radius 2 is 2.04 bits per heavy atom. The van der Waals surface area contributed by atoms with E-state index >= 15 is 0 Å². The van der Waals surface area contributed by atoms with Gasteiger partial charge in [0.25, 0.3) is 10.1 Å². The molecule has 0 amide bonds. The van der Waals surface area contributed by atoms with E-state index in [9.17, 15) is 18.2 Å². The highest BCUT2D eigenvalue weighted by Gasteiger charge is 2.14. The normalized spacial score (nSPS) is 11.6. The second-order valence-corrected chi connectivity index (χ2v) is 6.52. The Kier molecular flexibility index (Phi) is 5.11. The number of nitriles is 1. The summed E-state index contributed by atoms with van der Waals surface area (Å²) in [5.74, 6) is 0.847. The van der Waals surface area contributed by atoms with Crippen LogP contribution < -0.4 is 10.1 Å². The fraction of sp³-hybridized carbons (Fsp3) is 0. The third-order valence-corrected chi connectivity index (χ3v) is 4.15. The highest BCUT2D eigenvalue weighted by atomic mass is 32.2. The fourth-order valence-corrected chi connectivity index (χ4v) is 2.57. The van der Waals surface area contributed by atoms with Crippen LogP contribution in [0.25, 0.3) is 5.57 Å². The summed E-state index contributed by atoms with van der Waals surface area (Å²) in [7, 11) is -4.42. The van der Waals surface area contributed by atoms with Crippen molar-refractivity contribution in [2.75, 3.05) is 5.32 Å². The Morgan fingerprint density at radius 1 is 1.26 bits per heavy atom. The third kappa shape index (κ3) is 4.46. The minimum atomic E-state index is -4.42. The quantitative estimate of drug-likeness (QED) is 0.428. The Labute approximate surface area is 153 Å². The van der Waals surface area contributed by atoms with Crippen molar-refractivity contribution in [2.24, 2.45) is 0 Å². The summed E-state index contributed by atoms with van der Waals surface area (Å²) in [6.07, 6.45) is 1.27. The summed E-state index contributed by atoms with van der Waals surface area (Å²) in [5, 5.41) is 25.0. The molecular formula is C16H12N6O4S. The van der Waals surface area contributed by atoms with E-state index in [2.05, 4.69) is 25.9 Å². The van der Waals surface area contributed by atoms with Crippen LogP contribution >= 0.6 is 0 Å². The molecule has 0 aliphatic rings. The fourth-order valence-electron chi connectivity index (χ4n) is 2.06. The molecule has 1 heterocycles. The molecular weight excluding hydrogens is 372 g/mol. The maximum Gasteiger partial charge on any atom is 0.294 e. The predicted molar refractivity (Wildman–Crippen MR) is 94.2 cm³/mol. The van der Waals surface area contributed by atoms with Gasteiger partial charge in [-0.05, 0) is 35.5 Å². The van der Waals surface area contributed by atoms with Crippen molar-refractivity contribution in [2.45, 2.75) is 4.90 Å². The number of rotatable bonds is 6. The Hall–Kier alpha value is -3.75. The molecule has 3 N–H and O–H groups in total. The summed E-state index contributed by atoms with van der Waals surface area (Å²) in [6.45, 7) is 0. The van der Waals surface area contributed by atoms with Crippen LogP contribution in [0.2, 0.25) is 0 Å². The van der Waals surface area contributed by atoms with Crippen LogP contribution in [-0.2, 0) is 10.1 Å². The van der Waals surface area contributed by atoms with Crippen molar-refractivity contribution in [3.63, 3.8) is 0 Å². The molecule has 0 bridgehead atoms. The first-order chi connectivity index (χ1) is 13.0. The number of allylic oxidation sites excluding steroid dienone is 1. The van der Waals surface area contributed by atoms with Crippen molar-refractivity contribution in [1.82, 2.24) is 20.6 Å². The minimum absolute atomic E-state index is 0.0478. The number of H-pyrrole nitrogens is 1. The maximum atomic E-state index is 11.4. The Bertz CT molecular complexity index is 1110. The Morgan fingerprint density at radius 3 is 2.67 bits per heavy atom. The van der Waals surface area contributed by atoms with Crippen LogP contribution in [0.3, 0.4) is 0 Å². The number of ether oxygens (including phenoxy) is 1. The molecule has 3 rings (SSSR count). The number of nitrogens with zero attached hydrogens (tertiary/aromatic N) is 4. The highest BCUT2D eigenvalue weighted by Crippen LogP contribution is 2.32. The molecule has 0 atom stereocenters. The molecule has 0 saturated carbocycles. The molecule has 1 aromatic heterocycles. The first-order valence-corrected chi connectivity index (χ1v) is 8.86. The van der Waals surface area contributed by atoms with E-state index < -0.39 is 10.1 Å². The zero-order valence-corrected chi connectivity index (χ0v) is 14.4. The minimum Gasteiger partial charge on any atom is -0.455 e. The molecule has 0 radical (unpaired) electrons. The van der Waals surface area contributed by atoms with Gasteiger partial charge in [-0.3, -0.25) is 4.55 Å². The maximum absolute atomic E-state index is 11.4. The lowest BCUT2D eigenvalue weighted by atomic mass is 10.2. The molecule has 10 nitrogen and oxygen atoms in total. The number of tetrazole rings is 1. The van der Waals surface area contributed by atoms with Crippen LogP contribution in [-0.4, -0.2) is 33.6 Å². The lowest BCUT2D eigenvalue weighted by Gasteiger charge is -2.12. The van der Waals surface area contributed by atoms with Gasteiger partial charge in [-0.25, -0.2) is 0 Å². The Balaban J connectivity index is 1.98. The van der Waals surface area contributed by atoms with E-state index in [0.717, 1.165) is 0 Å². The van der Waals surface area contributed by atoms with E-state index in [-0.39, 0.29) is 27.7 Å². The van der Waals surface area contributed by atoms with Gasteiger partial charge in [0.15, 0.2) is 5.75 Å². The van der Waals surface area contributed by atoms with Crippen molar-refractivity contribution in [3.8, 4) is 17.6 Å². The number of aromatic nitrogens is 4. The van der Waals surface area contributed by atoms with Gasteiger partial charge in [-0.1, -0.05) is 18.2 Å². The van der Waals surface area contributed by atoms with E-state index in [1.54, 1.807) is 24.3 Å². The number of anilines is 1. The number of hydrogen-bond acceptors (Lipinski definition) is 8. The first kappa shape index (κ1) is 18.1. The number of para-hydroxylation sites is 1. The van der Waals surface area contributed by atoms with Crippen LogP contribution in [0, 0.1) is 11.3 Å². The number of nitrogens with one attached hydrogen (secondary N) is 2. The third-order valence-electron chi connectivity index (χ3n) is 3.30. The molecule has 0 aliphatic heterocycles. The molecule has 11 heteroatoms. The molecule has 0 spiro atoms. The van der Waals surface area contributed by atoms with Crippen LogP contribution in [0.4, 0.5) is 5.69 Å². The molecule has 27 heavy (non-hydrogen) atoms. The average molecular weight is 384 g/mol. The molecule has 2 aromatic carbocycles. The zero-order valence-electron chi connectivity index (χ0n) is 13.6. The summed E-state index contributed by atoms with van der Waals surface area (Å²) in [4.78, 5) is -0.336. The first-order valence-electron chi connectivity index (χ1n) is 7.42. The lowest BCUT2D eigenvalue weighted by molar-refractivity contribution is 0.479. The van der Waals surface area contributed by atoms with E-state index in [1.807, 2.05) is 12.1 Å². The zero-order chi connectivity index (χ0) is 19.3. The number of hydrogen-bond donors (Lipinski definition) is 3. The van der Waals surface area contributed by atoms with Crippen LogP contribution in [0.1, 0.15) is 5.82 Å². The van der Waals surface area contributed by atoms with E-state index in [0.29, 0.717) is 5.75 Å². The molecule has 0 unspecified atom stereocenters. The van der Waals surface area contributed by atoms with Crippen molar-refractivity contribution in [1.29, 1.82) is 5.26 Å². The summed E-state index contributed by atoms with van der Waals surface area (Å²) < 4.78 is 37.8. The monoisotopic (exact) mass is 384 g/mol. The van der Waals surface area contributed by atoms with Gasteiger partial charge in [0.1, 0.15) is 17.4 Å². The topological polar surface area (TPSA) is 154 Å². The van der Waals surface area contributed by atoms with Gasteiger partial charge >= 0.3 is 0 Å². The molecule has 136 valence electrons. The smallest absolute Gasteiger partial charge is 0.294 e. The molecule has 0 saturated heterocycles. The van der Waals surface area contributed by atoms with Gasteiger partial charge in [0, 0.05) is 6.20 Å². The van der Waals surface area contributed by atoms with Gasteiger partial charge < -0.3 is 10.1 Å². The van der Waals surface area contributed by atoms with Crippen molar-refractivity contribution >= 4 is 21.4 Å². The van der Waals surface area contributed by atoms with Crippen LogP contribution in [0.15, 0.2) is 59.6 Å². The van der Waals surface area contributed by atoms with Crippen molar-refractivity contribution in [3.05, 3.63) is 60.6 Å². The van der Waals surface area contributed by atoms with Gasteiger partial charge in [0.2, 0.25) is 5.82 Å². The standard InChI is InChI=1S/C16H12N6O4S/c17-9-11(16-19-21-22-20-16)10-18-14-8-13(27(23,24)25)6-7-15(14)26-12-4-2-1-3-5-12/h1-8,10,18H,(H,23,24,25)(H,19,20,21,22). The molecule has 3 aromatic rings. The summed E-state index contributed by atoms with van der Waals surface area (Å²) >= 11 is 0. The second kappa shape index (κ2) is 7.65. The predicted octanol–water partition coefficient (Wildman–Crippen LogP) is 2.22. The highest BCUT2D eigenvalue weighted by molar-refractivity contribution is 7.85. The van der Waals surface area contributed by atoms with Gasteiger partial charge in [-0.15, -0.1) is 10.2 Å². The molecule has 0 aliphatic carbocycles. The lowest BCUT2D eigenvalue weighted by Crippen LogP contribution is -2.01. The summed E-state index contributed by atoms with van der Waals surface area (Å²) in [6, 6.07) is 14.5. The number of aromatic amines is 1. The van der Waals surface area contributed by atoms with Crippen molar-refractivity contribution < 1.29 is 17.7 Å². The van der Waals surface area contributed by atoms with Gasteiger partial charge in [-0.2, -0.15) is 18.9 Å². The van der Waals surface area contributed by atoms with E-state index in [1.165, 1.54) is 24.4 Å². The average Bonchev–Trinajstić information content (AvgIpc) is 3.18. The second-order valence-electron chi connectivity index (χ2n) is 5.10. The number of benzene rings is 2. The summed E-state index contributed by atoms with van der Waals surface area (Å²) in [5.41, 5.74) is 0.247.